The van der Waals surface area contributed by atoms with Crippen molar-refractivity contribution in [2.45, 2.75) is 38.6 Å². The van der Waals surface area contributed by atoms with Gasteiger partial charge in [-0.15, -0.1) is 0 Å². The molecule has 1 aliphatic heterocycles. The van der Waals surface area contributed by atoms with Crippen LogP contribution in [0, 0.1) is 6.57 Å². The largest absolute Gasteiger partial charge is 0.342 e. The van der Waals surface area contributed by atoms with Crippen molar-refractivity contribution in [1.82, 2.24) is 24.3 Å². The van der Waals surface area contributed by atoms with Crippen LogP contribution in [0.15, 0.2) is 55.0 Å². The minimum atomic E-state index is 0.363. The van der Waals surface area contributed by atoms with Crippen LogP contribution in [0.3, 0.4) is 0 Å². The molecule has 178 valence electrons. The van der Waals surface area contributed by atoms with Gasteiger partial charge in [-0.05, 0) is 44.5 Å². The van der Waals surface area contributed by atoms with Gasteiger partial charge in [-0.2, -0.15) is 0 Å². The van der Waals surface area contributed by atoms with Crippen molar-refractivity contribution in [2.75, 3.05) is 32.1 Å². The summed E-state index contributed by atoms with van der Waals surface area (Å²) in [4.78, 5) is 23.0. The van der Waals surface area contributed by atoms with Gasteiger partial charge in [0, 0.05) is 49.0 Å². The number of nitrogens with zero attached hydrogens (tertiary/aromatic N) is 7. The van der Waals surface area contributed by atoms with Crippen LogP contribution in [-0.2, 0) is 0 Å². The van der Waals surface area contributed by atoms with Gasteiger partial charge < -0.3 is 9.80 Å². The molecule has 0 atom stereocenters. The van der Waals surface area contributed by atoms with Crippen LogP contribution in [0.5, 0.6) is 0 Å². The Labute approximate surface area is 206 Å². The van der Waals surface area contributed by atoms with Gasteiger partial charge in [0.25, 0.3) is 0 Å². The predicted octanol–water partition coefficient (Wildman–Crippen LogP) is 5.66. The van der Waals surface area contributed by atoms with Gasteiger partial charge in [-0.3, -0.25) is 9.38 Å². The average molecular weight is 466 g/mol. The normalized spacial score (nSPS) is 14.7. The van der Waals surface area contributed by atoms with E-state index >= 15 is 0 Å². The van der Waals surface area contributed by atoms with Crippen molar-refractivity contribution < 1.29 is 0 Å². The first-order valence-corrected chi connectivity index (χ1v) is 12.2. The smallest absolute Gasteiger partial charge is 0.211 e. The van der Waals surface area contributed by atoms with Crippen LogP contribution in [0.25, 0.3) is 32.9 Å². The molecule has 4 aromatic rings. The third-order valence-electron chi connectivity index (χ3n) is 6.94. The van der Waals surface area contributed by atoms with Gasteiger partial charge in [0.2, 0.25) is 5.95 Å². The molecule has 0 spiro atoms. The predicted molar refractivity (Wildman–Crippen MR) is 141 cm³/mol. The fraction of sp³-hybridized carbons (Fsp3) is 0.357. The number of piperidine rings is 1. The van der Waals surface area contributed by atoms with Crippen LogP contribution in [0.2, 0.25) is 0 Å². The Morgan fingerprint density at radius 2 is 1.71 bits per heavy atom. The molecule has 5 rings (SSSR count). The summed E-state index contributed by atoms with van der Waals surface area (Å²) in [6.45, 7) is 13.5. The second-order valence-corrected chi connectivity index (χ2v) is 9.72. The van der Waals surface area contributed by atoms with Gasteiger partial charge in [-0.1, -0.05) is 44.2 Å². The quantitative estimate of drug-likeness (QED) is 0.356. The first-order valence-electron chi connectivity index (χ1n) is 12.2. The number of pyridine rings is 1. The molecule has 1 fully saturated rings. The van der Waals surface area contributed by atoms with E-state index in [9.17, 15) is 0 Å². The Morgan fingerprint density at radius 1 is 1.00 bits per heavy atom. The number of hydrogen-bond donors (Lipinski definition) is 0. The Balaban J connectivity index is 1.67. The number of fused-ring (bicyclic) bond motifs is 1. The Morgan fingerprint density at radius 3 is 2.31 bits per heavy atom. The topological polar surface area (TPSA) is 53.9 Å². The highest BCUT2D eigenvalue weighted by Gasteiger charge is 2.26. The molecule has 1 aromatic carbocycles. The summed E-state index contributed by atoms with van der Waals surface area (Å²) in [6, 6.07) is 12.5. The third-order valence-corrected chi connectivity index (χ3v) is 6.94. The molecule has 0 N–H and O–H groups in total. The Bertz CT molecular complexity index is 1350. The fourth-order valence-corrected chi connectivity index (χ4v) is 4.83. The van der Waals surface area contributed by atoms with Crippen molar-refractivity contribution in [2.24, 2.45) is 0 Å². The average Bonchev–Trinajstić information content (AvgIpc) is 3.38. The maximum atomic E-state index is 7.33. The zero-order valence-corrected chi connectivity index (χ0v) is 20.8. The first-order chi connectivity index (χ1) is 17.0. The van der Waals surface area contributed by atoms with Crippen molar-refractivity contribution in [3.8, 4) is 22.4 Å². The van der Waals surface area contributed by atoms with Gasteiger partial charge in [0.05, 0.1) is 17.8 Å². The molecule has 4 heterocycles. The van der Waals surface area contributed by atoms with Crippen molar-refractivity contribution in [1.29, 1.82) is 0 Å². The molecule has 3 aromatic heterocycles. The molecule has 7 heteroatoms. The zero-order chi connectivity index (χ0) is 24.5. The minimum absolute atomic E-state index is 0.363. The van der Waals surface area contributed by atoms with E-state index in [-0.39, 0.29) is 0 Å². The van der Waals surface area contributed by atoms with E-state index in [2.05, 4.69) is 59.1 Å². The van der Waals surface area contributed by atoms with Crippen LogP contribution < -0.4 is 4.90 Å². The van der Waals surface area contributed by atoms with E-state index < -0.39 is 0 Å². The van der Waals surface area contributed by atoms with E-state index in [4.69, 9.17) is 21.5 Å². The standard InChI is InChI=1S/C28H31N7/c1-19(2)24-11-8-21(18-31-24)25-26(20-6-9-22(29-3)10-7-20)32-28(35-17-14-30-27(25)35)34-15-12-23(13-16-34)33(4)5/h6-11,14,17-19,23H,12-13,15-16H2,1-2,4-5H3. The number of imidazole rings is 1. The van der Waals surface area contributed by atoms with E-state index in [1.165, 1.54) is 0 Å². The molecule has 1 saturated heterocycles. The van der Waals surface area contributed by atoms with Crippen LogP contribution in [-0.4, -0.2) is 57.5 Å². The highest BCUT2D eigenvalue weighted by Crippen LogP contribution is 2.37. The molecule has 7 nitrogen and oxygen atoms in total. The van der Waals surface area contributed by atoms with Crippen molar-refractivity contribution in [3.63, 3.8) is 0 Å². The lowest BCUT2D eigenvalue weighted by molar-refractivity contribution is 0.249. The zero-order valence-electron chi connectivity index (χ0n) is 20.8. The number of aromatic nitrogens is 4. The van der Waals surface area contributed by atoms with Crippen LogP contribution in [0.1, 0.15) is 38.3 Å². The van der Waals surface area contributed by atoms with E-state index in [1.807, 2.05) is 42.9 Å². The van der Waals surface area contributed by atoms with Crippen molar-refractivity contribution >= 4 is 17.3 Å². The van der Waals surface area contributed by atoms with E-state index in [0.29, 0.717) is 17.6 Å². The number of benzene rings is 1. The monoisotopic (exact) mass is 465 g/mol. The molecular formula is C28H31N7. The summed E-state index contributed by atoms with van der Waals surface area (Å²) >= 11 is 0. The first kappa shape index (κ1) is 23.0. The Kier molecular flexibility index (Phi) is 6.23. The maximum Gasteiger partial charge on any atom is 0.211 e. The summed E-state index contributed by atoms with van der Waals surface area (Å²) in [5.74, 6) is 1.27. The van der Waals surface area contributed by atoms with Gasteiger partial charge in [0.1, 0.15) is 5.65 Å². The lowest BCUT2D eigenvalue weighted by atomic mass is 9.99. The summed E-state index contributed by atoms with van der Waals surface area (Å²) in [6.07, 6.45) is 7.98. The number of rotatable bonds is 5. The third kappa shape index (κ3) is 4.38. The van der Waals surface area contributed by atoms with E-state index in [1.54, 1.807) is 0 Å². The SMILES string of the molecule is [C-]#[N+]c1ccc(-c2nc(N3CCC(N(C)C)CC3)n3ccnc3c2-c2ccc(C(C)C)nc2)cc1. The summed E-state index contributed by atoms with van der Waals surface area (Å²) in [5.41, 5.74) is 6.32. The van der Waals surface area contributed by atoms with Gasteiger partial charge in [0.15, 0.2) is 5.69 Å². The van der Waals surface area contributed by atoms with Crippen LogP contribution in [0.4, 0.5) is 11.6 Å². The summed E-state index contributed by atoms with van der Waals surface area (Å²) < 4.78 is 2.11. The van der Waals surface area contributed by atoms with E-state index in [0.717, 1.165) is 65.6 Å². The lowest BCUT2D eigenvalue weighted by Gasteiger charge is -2.36. The highest BCUT2D eigenvalue weighted by molar-refractivity contribution is 5.91. The molecule has 0 bridgehead atoms. The molecule has 1 aliphatic rings. The number of anilines is 1. The van der Waals surface area contributed by atoms with Gasteiger partial charge in [-0.25, -0.2) is 14.8 Å². The molecule has 0 amide bonds. The minimum Gasteiger partial charge on any atom is -0.342 e. The second kappa shape index (κ2) is 9.47. The maximum absolute atomic E-state index is 7.33. The fourth-order valence-electron chi connectivity index (χ4n) is 4.83. The van der Waals surface area contributed by atoms with Crippen LogP contribution >= 0.6 is 0 Å². The number of hydrogen-bond acceptors (Lipinski definition) is 5. The lowest BCUT2D eigenvalue weighted by Crippen LogP contribution is -2.43. The van der Waals surface area contributed by atoms with Gasteiger partial charge >= 0.3 is 0 Å². The Hall–Kier alpha value is -3.76. The molecule has 0 radical (unpaired) electrons. The molecule has 0 saturated carbocycles. The van der Waals surface area contributed by atoms with Crippen molar-refractivity contribution in [3.05, 3.63) is 72.1 Å². The molecule has 0 unspecified atom stereocenters. The molecule has 35 heavy (non-hydrogen) atoms. The summed E-state index contributed by atoms with van der Waals surface area (Å²) in [7, 11) is 4.32. The molecular weight excluding hydrogens is 434 g/mol. The molecule has 0 aliphatic carbocycles. The highest BCUT2D eigenvalue weighted by atomic mass is 15.3. The second-order valence-electron chi connectivity index (χ2n) is 9.72. The summed E-state index contributed by atoms with van der Waals surface area (Å²) in [5, 5.41) is 0.